The summed E-state index contributed by atoms with van der Waals surface area (Å²) in [7, 11) is 1.63. The van der Waals surface area contributed by atoms with Gasteiger partial charge in [0.2, 0.25) is 0 Å². The summed E-state index contributed by atoms with van der Waals surface area (Å²) < 4.78 is 5.10. The van der Waals surface area contributed by atoms with Gasteiger partial charge in [0.1, 0.15) is 5.75 Å². The third-order valence-corrected chi connectivity index (χ3v) is 4.32. The van der Waals surface area contributed by atoms with Gasteiger partial charge in [0, 0.05) is 18.2 Å². The molecule has 0 unspecified atom stereocenters. The number of nitrogens with one attached hydrogen (secondary N) is 1. The Morgan fingerprint density at radius 1 is 1.26 bits per heavy atom. The monoisotopic (exact) mass is 260 g/mol. The number of rotatable bonds is 3. The van der Waals surface area contributed by atoms with E-state index < -0.39 is 0 Å². The zero-order valence-corrected chi connectivity index (χ0v) is 11.3. The Morgan fingerprint density at radius 2 is 1.95 bits per heavy atom. The fourth-order valence-corrected chi connectivity index (χ4v) is 3.12. The standard InChI is InChI=1S/C15H20N2O2/c1-19-13-4-2-12(3-5-13)15(18)16-14-10-17-8-6-11(14)7-9-17/h2-5,11,14H,6-10H2,1H3,(H,16,18)/t14-/m0/s1. The Labute approximate surface area is 113 Å². The molecule has 0 spiro atoms. The molecule has 3 saturated heterocycles. The van der Waals surface area contributed by atoms with Gasteiger partial charge in [0.15, 0.2) is 0 Å². The average Bonchev–Trinajstić information content (AvgIpc) is 2.48. The molecule has 3 fully saturated rings. The van der Waals surface area contributed by atoms with E-state index in [2.05, 4.69) is 10.2 Å². The number of nitrogens with zero attached hydrogens (tertiary/aromatic N) is 1. The van der Waals surface area contributed by atoms with Gasteiger partial charge in [-0.15, -0.1) is 0 Å². The van der Waals surface area contributed by atoms with Crippen LogP contribution in [0.4, 0.5) is 0 Å². The smallest absolute Gasteiger partial charge is 0.251 e. The Morgan fingerprint density at radius 3 is 2.47 bits per heavy atom. The molecule has 0 aromatic heterocycles. The maximum Gasteiger partial charge on any atom is 0.251 e. The minimum absolute atomic E-state index is 0.0291. The highest BCUT2D eigenvalue weighted by molar-refractivity contribution is 5.94. The van der Waals surface area contributed by atoms with Crippen molar-refractivity contribution in [2.75, 3.05) is 26.7 Å². The molecular formula is C15H20N2O2. The summed E-state index contributed by atoms with van der Waals surface area (Å²) in [6.45, 7) is 3.39. The molecule has 4 nitrogen and oxygen atoms in total. The lowest BCUT2D eigenvalue weighted by Gasteiger charge is -2.44. The molecule has 3 aliphatic rings. The molecule has 4 heteroatoms. The van der Waals surface area contributed by atoms with Gasteiger partial charge in [-0.3, -0.25) is 4.79 Å². The molecule has 1 N–H and O–H groups in total. The number of methoxy groups -OCH3 is 1. The minimum atomic E-state index is 0.0291. The van der Waals surface area contributed by atoms with Crippen LogP contribution in [0, 0.1) is 5.92 Å². The van der Waals surface area contributed by atoms with Crippen LogP contribution in [0.15, 0.2) is 24.3 Å². The molecule has 102 valence electrons. The van der Waals surface area contributed by atoms with Crippen LogP contribution in [0.2, 0.25) is 0 Å². The summed E-state index contributed by atoms with van der Waals surface area (Å²) >= 11 is 0. The van der Waals surface area contributed by atoms with Crippen molar-refractivity contribution < 1.29 is 9.53 Å². The first kappa shape index (κ1) is 12.5. The Kier molecular flexibility index (Phi) is 3.42. The number of ether oxygens (including phenoxy) is 1. The lowest BCUT2D eigenvalue weighted by Crippen LogP contribution is -2.57. The number of fused-ring (bicyclic) bond motifs is 3. The predicted octanol–water partition coefficient (Wildman–Crippen LogP) is 1.52. The molecule has 3 aliphatic heterocycles. The lowest BCUT2D eigenvalue weighted by atomic mass is 9.84. The highest BCUT2D eigenvalue weighted by Gasteiger charge is 2.34. The van der Waals surface area contributed by atoms with Gasteiger partial charge in [0.05, 0.1) is 7.11 Å². The van der Waals surface area contributed by atoms with Gasteiger partial charge in [0.25, 0.3) is 5.91 Å². The summed E-state index contributed by atoms with van der Waals surface area (Å²) in [4.78, 5) is 14.7. The van der Waals surface area contributed by atoms with E-state index in [-0.39, 0.29) is 5.91 Å². The summed E-state index contributed by atoms with van der Waals surface area (Å²) in [5, 5.41) is 3.18. The van der Waals surface area contributed by atoms with E-state index in [1.165, 1.54) is 25.9 Å². The maximum absolute atomic E-state index is 12.2. The van der Waals surface area contributed by atoms with Crippen LogP contribution in [-0.2, 0) is 0 Å². The van der Waals surface area contributed by atoms with Crippen molar-refractivity contribution in [2.45, 2.75) is 18.9 Å². The molecule has 1 aromatic carbocycles. The lowest BCUT2D eigenvalue weighted by molar-refractivity contribution is 0.0620. The molecule has 3 heterocycles. The van der Waals surface area contributed by atoms with E-state index in [1.54, 1.807) is 7.11 Å². The molecule has 0 saturated carbocycles. The molecule has 0 radical (unpaired) electrons. The number of carbonyl (C=O) groups is 1. The van der Waals surface area contributed by atoms with Crippen molar-refractivity contribution in [1.29, 1.82) is 0 Å². The maximum atomic E-state index is 12.2. The summed E-state index contributed by atoms with van der Waals surface area (Å²) in [6.07, 6.45) is 2.43. The largest absolute Gasteiger partial charge is 0.497 e. The van der Waals surface area contributed by atoms with Crippen LogP contribution in [0.3, 0.4) is 0 Å². The first-order valence-corrected chi connectivity index (χ1v) is 6.93. The van der Waals surface area contributed by atoms with Gasteiger partial charge in [-0.25, -0.2) is 0 Å². The average molecular weight is 260 g/mol. The van der Waals surface area contributed by atoms with Crippen molar-refractivity contribution in [3.8, 4) is 5.75 Å². The molecule has 1 aromatic rings. The molecule has 2 bridgehead atoms. The molecule has 1 atom stereocenters. The fraction of sp³-hybridized carbons (Fsp3) is 0.533. The van der Waals surface area contributed by atoms with Crippen molar-refractivity contribution in [3.63, 3.8) is 0 Å². The molecule has 0 aliphatic carbocycles. The second-order valence-corrected chi connectivity index (χ2v) is 5.45. The normalized spacial score (nSPS) is 29.0. The van der Waals surface area contributed by atoms with Crippen LogP contribution in [0.25, 0.3) is 0 Å². The predicted molar refractivity (Wildman–Crippen MR) is 73.4 cm³/mol. The first-order valence-electron chi connectivity index (χ1n) is 6.93. The topological polar surface area (TPSA) is 41.6 Å². The summed E-state index contributed by atoms with van der Waals surface area (Å²) in [5.74, 6) is 1.47. The molecule has 4 rings (SSSR count). The highest BCUT2D eigenvalue weighted by Crippen LogP contribution is 2.27. The zero-order valence-electron chi connectivity index (χ0n) is 11.3. The number of benzene rings is 1. The van der Waals surface area contributed by atoms with Crippen LogP contribution in [-0.4, -0.2) is 43.6 Å². The van der Waals surface area contributed by atoms with Crippen LogP contribution >= 0.6 is 0 Å². The van der Waals surface area contributed by atoms with Gasteiger partial charge in [-0.1, -0.05) is 0 Å². The SMILES string of the molecule is COc1ccc(C(=O)N[C@H]2CN3CCC2CC3)cc1. The van der Waals surface area contributed by atoms with Crippen molar-refractivity contribution in [3.05, 3.63) is 29.8 Å². The fourth-order valence-electron chi connectivity index (χ4n) is 3.12. The van der Waals surface area contributed by atoms with E-state index in [1.807, 2.05) is 24.3 Å². The van der Waals surface area contributed by atoms with Crippen molar-refractivity contribution in [2.24, 2.45) is 5.92 Å². The van der Waals surface area contributed by atoms with Crippen LogP contribution in [0.1, 0.15) is 23.2 Å². The van der Waals surface area contributed by atoms with Gasteiger partial charge in [-0.05, 0) is 56.1 Å². The quantitative estimate of drug-likeness (QED) is 0.896. The number of hydrogen-bond donors (Lipinski definition) is 1. The number of piperidine rings is 3. The Balaban J connectivity index is 1.64. The van der Waals surface area contributed by atoms with Crippen LogP contribution < -0.4 is 10.1 Å². The minimum Gasteiger partial charge on any atom is -0.497 e. The number of hydrogen-bond acceptors (Lipinski definition) is 3. The van der Waals surface area contributed by atoms with Crippen LogP contribution in [0.5, 0.6) is 5.75 Å². The molecule has 1 amide bonds. The van der Waals surface area contributed by atoms with Crippen molar-refractivity contribution in [1.82, 2.24) is 10.2 Å². The van der Waals surface area contributed by atoms with Gasteiger partial charge >= 0.3 is 0 Å². The van der Waals surface area contributed by atoms with E-state index in [0.717, 1.165) is 12.3 Å². The Bertz CT molecular complexity index is 450. The number of amides is 1. The van der Waals surface area contributed by atoms with E-state index in [0.29, 0.717) is 17.5 Å². The number of carbonyl (C=O) groups excluding carboxylic acids is 1. The summed E-state index contributed by atoms with van der Waals surface area (Å²) in [6, 6.07) is 7.60. The van der Waals surface area contributed by atoms with E-state index in [4.69, 9.17) is 4.74 Å². The third-order valence-electron chi connectivity index (χ3n) is 4.32. The van der Waals surface area contributed by atoms with Gasteiger partial charge < -0.3 is 15.0 Å². The molecular weight excluding hydrogens is 240 g/mol. The summed E-state index contributed by atoms with van der Waals surface area (Å²) in [5.41, 5.74) is 0.706. The van der Waals surface area contributed by atoms with Gasteiger partial charge in [-0.2, -0.15) is 0 Å². The Hall–Kier alpha value is -1.55. The second-order valence-electron chi connectivity index (χ2n) is 5.45. The van der Waals surface area contributed by atoms with Crippen molar-refractivity contribution >= 4 is 5.91 Å². The highest BCUT2D eigenvalue weighted by atomic mass is 16.5. The second kappa shape index (κ2) is 5.21. The zero-order chi connectivity index (χ0) is 13.2. The third kappa shape index (κ3) is 2.59. The van der Waals surface area contributed by atoms with E-state index in [9.17, 15) is 4.79 Å². The first-order chi connectivity index (χ1) is 9.26. The molecule has 19 heavy (non-hydrogen) atoms. The van der Waals surface area contributed by atoms with E-state index >= 15 is 0 Å².